The second kappa shape index (κ2) is 9.03. The fourth-order valence-corrected chi connectivity index (χ4v) is 2.75. The highest BCUT2D eigenvalue weighted by Gasteiger charge is 2.16. The Labute approximate surface area is 170 Å². The van der Waals surface area contributed by atoms with E-state index in [1.807, 2.05) is 6.92 Å². The number of nitrogens with one attached hydrogen (secondary N) is 1. The van der Waals surface area contributed by atoms with Crippen molar-refractivity contribution in [1.29, 1.82) is 0 Å². The van der Waals surface area contributed by atoms with Crippen LogP contribution in [-0.2, 0) is 4.79 Å². The molecule has 2 aromatic carbocycles. The molecule has 0 bridgehead atoms. The van der Waals surface area contributed by atoms with E-state index in [-0.39, 0.29) is 12.3 Å². The van der Waals surface area contributed by atoms with Gasteiger partial charge in [0.15, 0.2) is 6.61 Å². The minimum atomic E-state index is -0.478. The van der Waals surface area contributed by atoms with Crippen molar-refractivity contribution in [2.24, 2.45) is 5.10 Å². The number of ether oxygens (including phenoxy) is 1. The van der Waals surface area contributed by atoms with E-state index in [2.05, 4.69) is 10.5 Å². The van der Waals surface area contributed by atoms with Gasteiger partial charge in [0.1, 0.15) is 17.3 Å². The summed E-state index contributed by atoms with van der Waals surface area (Å²) < 4.78 is 11.0. The number of nitro groups is 1. The number of hydrogen-bond donors (Lipinski definition) is 1. The molecule has 0 aliphatic heterocycles. The molecule has 1 heterocycles. The molecule has 148 valence electrons. The van der Waals surface area contributed by atoms with Crippen LogP contribution in [0.15, 0.2) is 64.1 Å². The second-order valence-corrected chi connectivity index (χ2v) is 6.40. The third-order valence-electron chi connectivity index (χ3n) is 3.87. The quantitative estimate of drug-likeness (QED) is 0.352. The van der Waals surface area contributed by atoms with E-state index in [9.17, 15) is 14.9 Å². The number of carbonyl (C=O) groups excluding carboxylic acids is 1. The van der Waals surface area contributed by atoms with Crippen LogP contribution in [-0.4, -0.2) is 23.7 Å². The molecule has 29 heavy (non-hydrogen) atoms. The van der Waals surface area contributed by atoms with E-state index in [0.29, 0.717) is 27.9 Å². The predicted molar refractivity (Wildman–Crippen MR) is 108 cm³/mol. The summed E-state index contributed by atoms with van der Waals surface area (Å²) in [5, 5.41) is 15.5. The van der Waals surface area contributed by atoms with Gasteiger partial charge in [0, 0.05) is 11.1 Å². The third kappa shape index (κ3) is 5.20. The smallest absolute Gasteiger partial charge is 0.280 e. The van der Waals surface area contributed by atoms with E-state index in [1.165, 1.54) is 12.3 Å². The summed E-state index contributed by atoms with van der Waals surface area (Å²) in [7, 11) is 0. The van der Waals surface area contributed by atoms with Gasteiger partial charge < -0.3 is 9.15 Å². The number of benzene rings is 2. The minimum Gasteiger partial charge on any atom is -0.483 e. The van der Waals surface area contributed by atoms with Crippen molar-refractivity contribution in [3.05, 3.63) is 81.1 Å². The number of halogens is 1. The summed E-state index contributed by atoms with van der Waals surface area (Å²) in [5.74, 6) is 0.745. The number of nitrogens with zero attached hydrogens (tertiary/aromatic N) is 2. The Morgan fingerprint density at radius 2 is 2.07 bits per heavy atom. The number of hydrogen-bond acceptors (Lipinski definition) is 6. The SMILES string of the molecule is Cc1cc(Cl)ccc1OCC(=O)N/N=C/c1ccc(-c2ccccc2[N+](=O)[O-])o1. The maximum absolute atomic E-state index is 11.8. The van der Waals surface area contributed by atoms with Crippen LogP contribution in [0, 0.1) is 17.0 Å². The van der Waals surface area contributed by atoms with E-state index < -0.39 is 10.8 Å². The number of rotatable bonds is 7. The van der Waals surface area contributed by atoms with Crippen molar-refractivity contribution >= 4 is 29.4 Å². The zero-order valence-electron chi connectivity index (χ0n) is 15.3. The molecule has 0 atom stereocenters. The molecule has 3 rings (SSSR count). The topological polar surface area (TPSA) is 107 Å². The molecule has 0 unspecified atom stereocenters. The van der Waals surface area contributed by atoms with Crippen molar-refractivity contribution in [2.75, 3.05) is 6.61 Å². The fourth-order valence-electron chi connectivity index (χ4n) is 2.53. The van der Waals surface area contributed by atoms with Crippen molar-refractivity contribution in [3.63, 3.8) is 0 Å². The zero-order chi connectivity index (χ0) is 20.8. The van der Waals surface area contributed by atoms with Crippen molar-refractivity contribution in [1.82, 2.24) is 5.43 Å². The molecule has 0 saturated heterocycles. The number of amides is 1. The summed E-state index contributed by atoms with van der Waals surface area (Å²) >= 11 is 5.88. The maximum atomic E-state index is 11.8. The lowest BCUT2D eigenvalue weighted by Crippen LogP contribution is -2.24. The van der Waals surface area contributed by atoms with E-state index >= 15 is 0 Å². The molecular formula is C20H16ClN3O5. The van der Waals surface area contributed by atoms with E-state index in [0.717, 1.165) is 5.56 Å². The Morgan fingerprint density at radius 1 is 1.28 bits per heavy atom. The van der Waals surface area contributed by atoms with Crippen LogP contribution in [0.2, 0.25) is 5.02 Å². The van der Waals surface area contributed by atoms with Crippen molar-refractivity contribution in [3.8, 4) is 17.1 Å². The first-order valence-electron chi connectivity index (χ1n) is 8.48. The molecule has 1 amide bonds. The van der Waals surface area contributed by atoms with Gasteiger partial charge in [-0.1, -0.05) is 23.7 Å². The lowest BCUT2D eigenvalue weighted by atomic mass is 10.1. The molecule has 0 fully saturated rings. The average molecular weight is 414 g/mol. The highest BCUT2D eigenvalue weighted by Crippen LogP contribution is 2.30. The Hall–Kier alpha value is -3.65. The largest absolute Gasteiger partial charge is 0.483 e. The number of aryl methyl sites for hydroxylation is 1. The molecule has 1 N–H and O–H groups in total. The fraction of sp³-hybridized carbons (Fsp3) is 0.100. The Kier molecular flexibility index (Phi) is 6.25. The van der Waals surface area contributed by atoms with Gasteiger partial charge in [-0.25, -0.2) is 5.43 Å². The van der Waals surface area contributed by atoms with Gasteiger partial charge >= 0.3 is 0 Å². The molecule has 0 saturated carbocycles. The summed E-state index contributed by atoms with van der Waals surface area (Å²) in [5.41, 5.74) is 3.43. The van der Waals surface area contributed by atoms with Crippen LogP contribution in [0.5, 0.6) is 5.75 Å². The highest BCUT2D eigenvalue weighted by atomic mass is 35.5. The number of para-hydroxylation sites is 1. The van der Waals surface area contributed by atoms with Crippen LogP contribution in [0.25, 0.3) is 11.3 Å². The summed E-state index contributed by atoms with van der Waals surface area (Å²) in [4.78, 5) is 22.5. The van der Waals surface area contributed by atoms with Gasteiger partial charge in [-0.2, -0.15) is 5.10 Å². The van der Waals surface area contributed by atoms with Gasteiger partial charge in [-0.15, -0.1) is 0 Å². The number of hydrazone groups is 1. The number of furan rings is 1. The molecule has 9 heteroatoms. The average Bonchev–Trinajstić information content (AvgIpc) is 3.16. The summed E-state index contributed by atoms with van der Waals surface area (Å²) in [6, 6.07) is 14.5. The molecule has 3 aromatic rings. The van der Waals surface area contributed by atoms with E-state index in [1.54, 1.807) is 48.5 Å². The lowest BCUT2D eigenvalue weighted by molar-refractivity contribution is -0.384. The Morgan fingerprint density at radius 3 is 2.83 bits per heavy atom. The lowest BCUT2D eigenvalue weighted by Gasteiger charge is -2.08. The molecule has 8 nitrogen and oxygen atoms in total. The molecule has 0 aliphatic carbocycles. The Bertz CT molecular complexity index is 1080. The normalized spacial score (nSPS) is 10.8. The predicted octanol–water partition coefficient (Wildman–Crippen LogP) is 4.35. The molecule has 0 spiro atoms. The standard InChI is InChI=1S/C20H16ClN3O5/c1-13-10-14(21)6-8-18(13)28-12-20(25)23-22-11-15-7-9-19(29-15)16-4-2-3-5-17(16)24(26)27/h2-11H,12H2,1H3,(H,23,25)/b22-11+. The number of carbonyl (C=O) groups is 1. The van der Waals surface area contributed by atoms with Gasteiger partial charge in [0.2, 0.25) is 0 Å². The summed E-state index contributed by atoms with van der Waals surface area (Å²) in [6.45, 7) is 1.60. The van der Waals surface area contributed by atoms with Gasteiger partial charge in [-0.05, 0) is 48.9 Å². The maximum Gasteiger partial charge on any atom is 0.280 e. The first-order valence-corrected chi connectivity index (χ1v) is 8.86. The summed E-state index contributed by atoms with van der Waals surface area (Å²) in [6.07, 6.45) is 1.30. The molecular weight excluding hydrogens is 398 g/mol. The van der Waals surface area contributed by atoms with Gasteiger partial charge in [-0.3, -0.25) is 14.9 Å². The van der Waals surface area contributed by atoms with Crippen LogP contribution in [0.1, 0.15) is 11.3 Å². The Balaban J connectivity index is 1.57. The first kappa shape index (κ1) is 20.1. The van der Waals surface area contributed by atoms with Crippen LogP contribution in [0.4, 0.5) is 5.69 Å². The monoisotopic (exact) mass is 413 g/mol. The zero-order valence-corrected chi connectivity index (χ0v) is 16.1. The van der Waals surface area contributed by atoms with Crippen LogP contribution >= 0.6 is 11.6 Å². The minimum absolute atomic E-state index is 0.0618. The van der Waals surface area contributed by atoms with Crippen molar-refractivity contribution < 1.29 is 18.9 Å². The van der Waals surface area contributed by atoms with Crippen molar-refractivity contribution in [2.45, 2.75) is 6.92 Å². The van der Waals surface area contributed by atoms with Gasteiger partial charge in [0.05, 0.1) is 16.7 Å². The number of nitro benzene ring substituents is 1. The van der Waals surface area contributed by atoms with Crippen LogP contribution < -0.4 is 10.2 Å². The van der Waals surface area contributed by atoms with E-state index in [4.69, 9.17) is 20.8 Å². The molecule has 1 aromatic heterocycles. The van der Waals surface area contributed by atoms with Gasteiger partial charge in [0.25, 0.3) is 11.6 Å². The van der Waals surface area contributed by atoms with Crippen LogP contribution in [0.3, 0.4) is 0 Å². The highest BCUT2D eigenvalue weighted by molar-refractivity contribution is 6.30. The molecule has 0 radical (unpaired) electrons. The molecule has 0 aliphatic rings. The first-order chi connectivity index (χ1) is 13.9. The second-order valence-electron chi connectivity index (χ2n) is 5.97. The third-order valence-corrected chi connectivity index (χ3v) is 4.10.